The lowest BCUT2D eigenvalue weighted by atomic mass is 10.5. The molecule has 0 saturated heterocycles. The van der Waals surface area contributed by atoms with Gasteiger partial charge in [0.25, 0.3) is 0 Å². The van der Waals surface area contributed by atoms with Crippen molar-refractivity contribution >= 4 is 0 Å². The van der Waals surface area contributed by atoms with Crippen LogP contribution in [0.3, 0.4) is 0 Å². The van der Waals surface area contributed by atoms with Gasteiger partial charge in [-0.3, -0.25) is 20.2 Å². The minimum atomic E-state index is -1.39. The summed E-state index contributed by atoms with van der Waals surface area (Å²) in [4.78, 5) is 16.9. The molecule has 0 aliphatic heterocycles. The Kier molecular flexibility index (Phi) is 2.30. The highest BCUT2D eigenvalue weighted by Gasteiger charge is 2.29. The normalized spacial score (nSPS) is 8.50. The molecule has 0 aliphatic rings. The van der Waals surface area contributed by atoms with E-state index in [2.05, 4.69) is 0 Å². The maximum absolute atomic E-state index is 9.73. The van der Waals surface area contributed by atoms with Crippen molar-refractivity contribution in [3.05, 3.63) is 31.8 Å². The van der Waals surface area contributed by atoms with Gasteiger partial charge in [0, 0.05) is 6.92 Å². The molecule has 0 fully saturated rings. The Morgan fingerprint density at radius 2 is 1.60 bits per heavy atom. The summed E-state index contributed by atoms with van der Waals surface area (Å²) in [5.74, 6) is -2.30. The summed E-state index contributed by atoms with van der Waals surface area (Å²) in [6.45, 7) is 0.876. The zero-order chi connectivity index (χ0) is 8.31. The molecule has 0 aromatic carbocycles. The molecule has 7 nitrogen and oxygen atoms in total. The van der Waals surface area contributed by atoms with Crippen LogP contribution in [0, 0.1) is 20.2 Å². The molecule has 10 heavy (non-hydrogen) atoms. The summed E-state index contributed by atoms with van der Waals surface area (Å²) in [7, 11) is 0. The first-order valence-corrected chi connectivity index (χ1v) is 2.15. The largest absolute Gasteiger partial charge is 0.596 e. The molecular weight excluding hydrogens is 144 g/mol. The van der Waals surface area contributed by atoms with Gasteiger partial charge in [-0.05, 0) is 0 Å². The van der Waals surface area contributed by atoms with Crippen molar-refractivity contribution in [2.24, 2.45) is 0 Å². The highest BCUT2D eigenvalue weighted by Crippen LogP contribution is 2.00. The molecule has 0 aliphatic carbocycles. The molecule has 1 N–H and O–H groups in total. The Morgan fingerprint density at radius 1 is 1.30 bits per heavy atom. The fourth-order valence-corrected chi connectivity index (χ4v) is 0.331. The summed E-state index contributed by atoms with van der Waals surface area (Å²) >= 11 is 0. The molecule has 0 aromatic rings. The first-order valence-electron chi connectivity index (χ1n) is 2.15. The third-order valence-electron chi connectivity index (χ3n) is 0.669. The van der Waals surface area contributed by atoms with E-state index in [1.165, 1.54) is 0 Å². The fourth-order valence-electron chi connectivity index (χ4n) is 0.331. The van der Waals surface area contributed by atoms with Gasteiger partial charge in [-0.25, -0.2) is 0 Å². The number of allylic oxidation sites excluding steroid dienone is 1. The van der Waals surface area contributed by atoms with Gasteiger partial charge in [0.05, 0.1) is 0 Å². The van der Waals surface area contributed by atoms with Crippen LogP contribution in [0.2, 0.25) is 0 Å². The molecule has 0 bridgehead atoms. The van der Waals surface area contributed by atoms with Gasteiger partial charge in [-0.1, -0.05) is 0 Å². The van der Waals surface area contributed by atoms with E-state index >= 15 is 0 Å². The minimum Gasteiger partial charge on any atom is -0.501 e. The average Bonchev–Trinajstić information content (AvgIpc) is 1.59. The molecule has 56 valence electrons. The van der Waals surface area contributed by atoms with Crippen LogP contribution in [0.4, 0.5) is 0 Å². The topological polar surface area (TPSA) is 107 Å². The van der Waals surface area contributed by atoms with E-state index in [9.17, 15) is 20.2 Å². The Hall–Kier alpha value is -1.66. The second-order valence-corrected chi connectivity index (χ2v) is 1.42. The number of nitrogens with zero attached hydrogens (tertiary/aromatic N) is 2. The molecule has 0 rings (SSSR count). The Balaban J connectivity index is 4.79. The van der Waals surface area contributed by atoms with Gasteiger partial charge in [-0.15, -0.1) is 0 Å². The van der Waals surface area contributed by atoms with Gasteiger partial charge in [0.1, 0.15) is 9.85 Å². The predicted molar refractivity (Wildman–Crippen MR) is 29.3 cm³/mol. The molecule has 0 saturated carbocycles. The van der Waals surface area contributed by atoms with Crippen LogP contribution in [0.5, 0.6) is 0 Å². The van der Waals surface area contributed by atoms with E-state index in [4.69, 9.17) is 5.11 Å². The molecular formula is C3H4N2O5. The zero-order valence-corrected chi connectivity index (χ0v) is 4.97. The van der Waals surface area contributed by atoms with E-state index in [1.807, 2.05) is 0 Å². The molecule has 0 atom stereocenters. The fraction of sp³-hybridized carbons (Fsp3) is 0.333. The van der Waals surface area contributed by atoms with Crippen molar-refractivity contribution in [3.8, 4) is 0 Å². The van der Waals surface area contributed by atoms with Crippen LogP contribution in [0.25, 0.3) is 0 Å². The molecule has 0 amide bonds. The van der Waals surface area contributed by atoms with Crippen molar-refractivity contribution < 1.29 is 15.0 Å². The van der Waals surface area contributed by atoms with Crippen molar-refractivity contribution in [3.63, 3.8) is 0 Å². The predicted octanol–water partition coefficient (Wildman–Crippen LogP) is 0.287. The minimum absolute atomic E-state index is 0.876. The molecule has 0 spiro atoms. The summed E-state index contributed by atoms with van der Waals surface area (Å²) < 4.78 is 0. The molecule has 0 heterocycles. The standard InChI is InChI=1S/C3H4N2O5/c1-2(6)3(4(7)8)5(9)10/h6H,1H3. The van der Waals surface area contributed by atoms with Crippen molar-refractivity contribution in [1.29, 1.82) is 0 Å². The summed E-state index contributed by atoms with van der Waals surface area (Å²) in [6, 6.07) is 0. The second-order valence-electron chi connectivity index (χ2n) is 1.42. The van der Waals surface area contributed by atoms with Crippen LogP contribution in [0.1, 0.15) is 6.92 Å². The van der Waals surface area contributed by atoms with Crippen LogP contribution < -0.4 is 0 Å². The van der Waals surface area contributed by atoms with Crippen molar-refractivity contribution in [2.75, 3.05) is 0 Å². The molecule has 0 radical (unpaired) electrons. The molecule has 0 aromatic heterocycles. The molecule has 7 heteroatoms. The van der Waals surface area contributed by atoms with Crippen LogP contribution in [-0.4, -0.2) is 15.0 Å². The van der Waals surface area contributed by atoms with Crippen molar-refractivity contribution in [1.82, 2.24) is 0 Å². The average molecular weight is 148 g/mol. The van der Waals surface area contributed by atoms with Gasteiger partial charge in [0.15, 0.2) is 0 Å². The number of nitro groups is 2. The van der Waals surface area contributed by atoms with Crippen LogP contribution in [0.15, 0.2) is 11.6 Å². The lowest BCUT2D eigenvalue weighted by Gasteiger charge is -1.86. The summed E-state index contributed by atoms with van der Waals surface area (Å²) in [5, 5.41) is 27.8. The number of hydrogen-bond acceptors (Lipinski definition) is 5. The third kappa shape index (κ3) is 1.69. The lowest BCUT2D eigenvalue weighted by molar-refractivity contribution is -0.619. The Bertz CT molecular complexity index is 187. The number of aliphatic hydroxyl groups is 1. The quantitative estimate of drug-likeness (QED) is 0.344. The number of hydrogen-bond donors (Lipinski definition) is 1. The van der Waals surface area contributed by atoms with Gasteiger partial charge in [-0.2, -0.15) is 0 Å². The smallest absolute Gasteiger partial charge is 0.501 e. The highest BCUT2D eigenvalue weighted by atomic mass is 16.7. The number of aliphatic hydroxyl groups excluding tert-OH is 1. The van der Waals surface area contributed by atoms with Crippen molar-refractivity contribution in [2.45, 2.75) is 6.92 Å². The lowest BCUT2D eigenvalue weighted by Crippen LogP contribution is -2.11. The third-order valence-corrected chi connectivity index (χ3v) is 0.669. The maximum Gasteiger partial charge on any atom is 0.596 e. The Labute approximate surface area is 54.9 Å². The van der Waals surface area contributed by atoms with Crippen LogP contribution >= 0.6 is 0 Å². The second kappa shape index (κ2) is 2.76. The van der Waals surface area contributed by atoms with Gasteiger partial charge in [0.2, 0.25) is 5.76 Å². The SMILES string of the molecule is CC(O)=C([N+](=O)[O-])[N+](=O)[O-]. The first-order chi connectivity index (χ1) is 4.46. The van der Waals surface area contributed by atoms with Gasteiger partial charge >= 0.3 is 5.82 Å². The highest BCUT2D eigenvalue weighted by molar-refractivity contribution is 4.84. The van der Waals surface area contributed by atoms with Crippen LogP contribution in [-0.2, 0) is 0 Å². The zero-order valence-electron chi connectivity index (χ0n) is 4.97. The van der Waals surface area contributed by atoms with E-state index in [-0.39, 0.29) is 0 Å². The van der Waals surface area contributed by atoms with E-state index in [0.29, 0.717) is 0 Å². The number of rotatable bonds is 2. The monoisotopic (exact) mass is 148 g/mol. The van der Waals surface area contributed by atoms with Gasteiger partial charge < -0.3 is 5.11 Å². The summed E-state index contributed by atoms with van der Waals surface area (Å²) in [6.07, 6.45) is 0. The first kappa shape index (κ1) is 8.34. The molecule has 0 unspecified atom stereocenters. The van der Waals surface area contributed by atoms with E-state index in [0.717, 1.165) is 6.92 Å². The Morgan fingerprint density at radius 3 is 1.60 bits per heavy atom. The van der Waals surface area contributed by atoms with E-state index < -0.39 is 21.4 Å². The van der Waals surface area contributed by atoms with E-state index in [1.54, 1.807) is 0 Å². The maximum atomic E-state index is 9.73. The summed E-state index contributed by atoms with van der Waals surface area (Å²) in [5.41, 5.74) is 0.